The molecule has 0 spiro atoms. The molecule has 1 aromatic carbocycles. The van der Waals surface area contributed by atoms with Gasteiger partial charge in [-0.05, 0) is 38.0 Å². The van der Waals surface area contributed by atoms with Crippen molar-refractivity contribution in [1.29, 1.82) is 5.26 Å². The predicted molar refractivity (Wildman–Crippen MR) is 76.2 cm³/mol. The topological polar surface area (TPSA) is 70.1 Å². The molecule has 1 rings (SSSR count). The Morgan fingerprint density at radius 1 is 1.42 bits per heavy atom. The molecule has 0 heterocycles. The molecule has 102 valence electrons. The van der Waals surface area contributed by atoms with Crippen molar-refractivity contribution >= 4 is 11.6 Å². The van der Waals surface area contributed by atoms with Gasteiger partial charge in [-0.25, -0.2) is 0 Å². The van der Waals surface area contributed by atoms with Crippen LogP contribution in [0.15, 0.2) is 24.3 Å². The highest BCUT2D eigenvalue weighted by Gasteiger charge is 2.14. The fraction of sp³-hybridized carbons (Fsp3) is 0.467. The summed E-state index contributed by atoms with van der Waals surface area (Å²) in [6.07, 6.45) is 1.17. The molecule has 1 aromatic rings. The zero-order valence-electron chi connectivity index (χ0n) is 11.6. The molecule has 4 heteroatoms. The molecule has 0 aliphatic heterocycles. The van der Waals surface area contributed by atoms with Gasteiger partial charge in [0.2, 0.25) is 5.91 Å². The molecule has 1 amide bonds. The summed E-state index contributed by atoms with van der Waals surface area (Å²) in [6.45, 7) is 4.92. The minimum atomic E-state index is -0.125. The highest BCUT2D eigenvalue weighted by molar-refractivity contribution is 5.76. The lowest BCUT2D eigenvalue weighted by atomic mass is 10.1. The second kappa shape index (κ2) is 7.42. The first-order valence-corrected chi connectivity index (χ1v) is 6.58. The monoisotopic (exact) mass is 259 g/mol. The molecule has 0 aromatic heterocycles. The third-order valence-electron chi connectivity index (χ3n) is 3.06. The lowest BCUT2D eigenvalue weighted by molar-refractivity contribution is -0.131. The number of anilines is 1. The third-order valence-corrected chi connectivity index (χ3v) is 3.06. The van der Waals surface area contributed by atoms with Gasteiger partial charge in [0.15, 0.2) is 0 Å². The van der Waals surface area contributed by atoms with Crippen LogP contribution in [0.5, 0.6) is 0 Å². The van der Waals surface area contributed by atoms with E-state index in [9.17, 15) is 4.79 Å². The third kappa shape index (κ3) is 5.01. The Hall–Kier alpha value is -2.02. The van der Waals surface area contributed by atoms with Gasteiger partial charge in [-0.1, -0.05) is 12.1 Å². The second-order valence-corrected chi connectivity index (χ2v) is 4.70. The molecule has 0 aliphatic rings. The molecule has 0 saturated heterocycles. The van der Waals surface area contributed by atoms with Crippen LogP contribution in [0.25, 0.3) is 0 Å². The number of carbonyl (C=O) groups is 1. The number of hydrogen-bond donors (Lipinski definition) is 1. The number of benzene rings is 1. The van der Waals surface area contributed by atoms with E-state index in [4.69, 9.17) is 11.0 Å². The van der Waals surface area contributed by atoms with E-state index in [1.54, 1.807) is 4.90 Å². The predicted octanol–water partition coefficient (Wildman–Crippen LogP) is 2.21. The molecule has 2 N–H and O–H groups in total. The van der Waals surface area contributed by atoms with Gasteiger partial charge in [0.1, 0.15) is 0 Å². The molecule has 0 saturated carbocycles. The van der Waals surface area contributed by atoms with Gasteiger partial charge in [-0.3, -0.25) is 4.79 Å². The minimum Gasteiger partial charge on any atom is -0.399 e. The first-order valence-electron chi connectivity index (χ1n) is 6.58. The van der Waals surface area contributed by atoms with E-state index in [0.717, 1.165) is 11.3 Å². The van der Waals surface area contributed by atoms with Crippen LogP contribution in [0.2, 0.25) is 0 Å². The molecule has 1 atom stereocenters. The van der Waals surface area contributed by atoms with Crippen LogP contribution in [0, 0.1) is 17.2 Å². The van der Waals surface area contributed by atoms with E-state index in [2.05, 4.69) is 6.07 Å². The van der Waals surface area contributed by atoms with Crippen molar-refractivity contribution in [3.05, 3.63) is 29.8 Å². The highest BCUT2D eigenvalue weighted by Crippen LogP contribution is 2.09. The maximum absolute atomic E-state index is 12.1. The van der Waals surface area contributed by atoms with Gasteiger partial charge in [0.05, 0.1) is 12.0 Å². The van der Waals surface area contributed by atoms with Crippen molar-refractivity contribution < 1.29 is 4.79 Å². The van der Waals surface area contributed by atoms with Crippen LogP contribution in [0.3, 0.4) is 0 Å². The summed E-state index contributed by atoms with van der Waals surface area (Å²) in [5.74, 6) is -0.0261. The summed E-state index contributed by atoms with van der Waals surface area (Å²) in [5.41, 5.74) is 7.45. The van der Waals surface area contributed by atoms with Crippen LogP contribution in [-0.2, 0) is 11.2 Å². The number of rotatable bonds is 6. The van der Waals surface area contributed by atoms with Crippen LogP contribution in [-0.4, -0.2) is 23.9 Å². The summed E-state index contributed by atoms with van der Waals surface area (Å²) in [6, 6.07) is 9.72. The van der Waals surface area contributed by atoms with Crippen molar-refractivity contribution in [2.24, 2.45) is 5.92 Å². The zero-order valence-corrected chi connectivity index (χ0v) is 11.6. The van der Waals surface area contributed by atoms with Crippen molar-refractivity contribution in [3.8, 4) is 6.07 Å². The van der Waals surface area contributed by atoms with E-state index in [0.29, 0.717) is 25.9 Å². The summed E-state index contributed by atoms with van der Waals surface area (Å²) in [5, 5.41) is 8.80. The Balaban J connectivity index is 2.49. The Morgan fingerprint density at radius 2 is 2.05 bits per heavy atom. The standard InChI is InChI=1S/C15H21N3O/c1-3-18(11-12(2)10-16)15(19)9-6-13-4-7-14(17)8-5-13/h4-5,7-8,12H,3,6,9,11,17H2,1-2H3. The molecular formula is C15H21N3O. The van der Waals surface area contributed by atoms with E-state index < -0.39 is 0 Å². The smallest absolute Gasteiger partial charge is 0.222 e. The number of hydrogen-bond acceptors (Lipinski definition) is 3. The molecule has 0 bridgehead atoms. The average molecular weight is 259 g/mol. The van der Waals surface area contributed by atoms with Crippen LogP contribution >= 0.6 is 0 Å². The average Bonchev–Trinajstić information content (AvgIpc) is 2.43. The summed E-state index contributed by atoms with van der Waals surface area (Å²) in [4.78, 5) is 13.8. The quantitative estimate of drug-likeness (QED) is 0.796. The summed E-state index contributed by atoms with van der Waals surface area (Å²) < 4.78 is 0. The van der Waals surface area contributed by atoms with E-state index in [1.165, 1.54) is 0 Å². The first kappa shape index (κ1) is 15.0. The van der Waals surface area contributed by atoms with Crippen LogP contribution < -0.4 is 5.73 Å². The molecule has 4 nitrogen and oxygen atoms in total. The Kier molecular flexibility index (Phi) is 5.87. The van der Waals surface area contributed by atoms with Crippen molar-refractivity contribution in [2.45, 2.75) is 26.7 Å². The van der Waals surface area contributed by atoms with Crippen molar-refractivity contribution in [3.63, 3.8) is 0 Å². The molecule has 0 fully saturated rings. The lowest BCUT2D eigenvalue weighted by Crippen LogP contribution is -2.34. The first-order chi connectivity index (χ1) is 9.06. The summed E-state index contributed by atoms with van der Waals surface area (Å²) in [7, 11) is 0. The number of aryl methyl sites for hydroxylation is 1. The SMILES string of the molecule is CCN(CC(C)C#N)C(=O)CCc1ccc(N)cc1. The summed E-state index contributed by atoms with van der Waals surface area (Å²) >= 11 is 0. The largest absolute Gasteiger partial charge is 0.399 e. The fourth-order valence-electron chi connectivity index (χ4n) is 1.87. The van der Waals surface area contributed by atoms with Crippen LogP contribution in [0.1, 0.15) is 25.8 Å². The Labute approximate surface area is 114 Å². The Bertz CT molecular complexity index is 447. The van der Waals surface area contributed by atoms with E-state index in [1.807, 2.05) is 38.1 Å². The van der Waals surface area contributed by atoms with Gasteiger partial charge in [-0.15, -0.1) is 0 Å². The molecule has 1 unspecified atom stereocenters. The zero-order chi connectivity index (χ0) is 14.3. The maximum atomic E-state index is 12.1. The fourth-order valence-corrected chi connectivity index (χ4v) is 1.87. The molecule has 19 heavy (non-hydrogen) atoms. The number of nitriles is 1. The Morgan fingerprint density at radius 3 is 2.58 bits per heavy atom. The van der Waals surface area contributed by atoms with E-state index in [-0.39, 0.29) is 11.8 Å². The number of carbonyl (C=O) groups excluding carboxylic acids is 1. The van der Waals surface area contributed by atoms with Gasteiger partial charge >= 0.3 is 0 Å². The van der Waals surface area contributed by atoms with Crippen molar-refractivity contribution in [2.75, 3.05) is 18.8 Å². The number of nitrogens with zero attached hydrogens (tertiary/aromatic N) is 2. The number of amides is 1. The van der Waals surface area contributed by atoms with Gasteiger partial charge < -0.3 is 10.6 Å². The number of nitrogen functional groups attached to an aromatic ring is 1. The minimum absolute atomic E-state index is 0.0985. The van der Waals surface area contributed by atoms with Crippen molar-refractivity contribution in [1.82, 2.24) is 4.90 Å². The van der Waals surface area contributed by atoms with E-state index >= 15 is 0 Å². The van der Waals surface area contributed by atoms with Gasteiger partial charge in [0.25, 0.3) is 0 Å². The maximum Gasteiger partial charge on any atom is 0.222 e. The molecule has 0 aliphatic carbocycles. The number of nitrogens with two attached hydrogens (primary N) is 1. The van der Waals surface area contributed by atoms with Gasteiger partial charge in [-0.2, -0.15) is 5.26 Å². The van der Waals surface area contributed by atoms with Gasteiger partial charge in [0, 0.05) is 25.2 Å². The van der Waals surface area contributed by atoms with Crippen LogP contribution in [0.4, 0.5) is 5.69 Å². The highest BCUT2D eigenvalue weighted by atomic mass is 16.2. The normalized spacial score (nSPS) is 11.6. The second-order valence-electron chi connectivity index (χ2n) is 4.70. The molecule has 0 radical (unpaired) electrons. The molecular weight excluding hydrogens is 238 g/mol. The lowest BCUT2D eigenvalue weighted by Gasteiger charge is -2.22.